The maximum absolute atomic E-state index is 10.6. The molecule has 2 unspecified atom stereocenters. The second kappa shape index (κ2) is 12.6. The molecule has 2 aliphatic rings. The van der Waals surface area contributed by atoms with Gasteiger partial charge in [0.15, 0.2) is 5.96 Å². The van der Waals surface area contributed by atoms with Crippen LogP contribution in [0.15, 0.2) is 29.3 Å². The lowest BCUT2D eigenvalue weighted by Gasteiger charge is -2.29. The van der Waals surface area contributed by atoms with E-state index >= 15 is 0 Å². The molecule has 0 aliphatic carbocycles. The summed E-state index contributed by atoms with van der Waals surface area (Å²) >= 11 is 0. The van der Waals surface area contributed by atoms with Crippen molar-refractivity contribution in [3.63, 3.8) is 0 Å². The third-order valence-corrected chi connectivity index (χ3v) is 5.78. The van der Waals surface area contributed by atoms with E-state index in [1.807, 2.05) is 24.3 Å². The molecule has 2 atom stereocenters. The first-order chi connectivity index (χ1) is 13.7. The van der Waals surface area contributed by atoms with Gasteiger partial charge in [-0.15, -0.1) is 24.0 Å². The Morgan fingerprint density at radius 2 is 2.07 bits per heavy atom. The van der Waals surface area contributed by atoms with Crippen LogP contribution in [0.25, 0.3) is 0 Å². The largest absolute Gasteiger partial charge is 0.497 e. The van der Waals surface area contributed by atoms with Gasteiger partial charge in [0.25, 0.3) is 0 Å². The second-order valence-electron chi connectivity index (χ2n) is 7.95. The smallest absolute Gasteiger partial charge is 0.194 e. The number of benzene rings is 1. The van der Waals surface area contributed by atoms with Crippen LogP contribution in [0.1, 0.15) is 44.3 Å². The summed E-state index contributed by atoms with van der Waals surface area (Å²) in [6, 6.07) is 7.58. The van der Waals surface area contributed by atoms with E-state index in [9.17, 15) is 5.11 Å². The molecule has 7 heteroatoms. The maximum atomic E-state index is 10.6. The standard InChI is InChI=1S/C22H36N4O2.HI/c1-3-23-22(24-15-21(27)19-8-7-9-20(14-19)28-2)26-13-10-18(17-26)16-25-11-5-4-6-12-25;/h7-9,14,18,21,27H,3-6,10-13,15-17H2,1-2H3,(H,23,24);1H. The number of likely N-dealkylation sites (tertiary alicyclic amines) is 2. The number of rotatable bonds is 7. The number of aliphatic hydroxyl groups is 1. The number of hydrogen-bond acceptors (Lipinski definition) is 4. The zero-order chi connectivity index (χ0) is 19.8. The minimum Gasteiger partial charge on any atom is -0.497 e. The summed E-state index contributed by atoms with van der Waals surface area (Å²) in [4.78, 5) is 9.73. The Labute approximate surface area is 192 Å². The van der Waals surface area contributed by atoms with Crippen molar-refractivity contribution in [3.05, 3.63) is 29.8 Å². The van der Waals surface area contributed by atoms with Crippen LogP contribution in [-0.2, 0) is 0 Å². The van der Waals surface area contributed by atoms with Gasteiger partial charge in [0.1, 0.15) is 5.75 Å². The molecule has 3 rings (SSSR count). The molecule has 0 bridgehead atoms. The van der Waals surface area contributed by atoms with Gasteiger partial charge < -0.3 is 25.0 Å². The van der Waals surface area contributed by atoms with Gasteiger partial charge in [-0.05, 0) is 62.9 Å². The Balaban J connectivity index is 0.00000300. The van der Waals surface area contributed by atoms with E-state index in [2.05, 4.69) is 22.0 Å². The molecule has 0 saturated carbocycles. The molecule has 0 amide bonds. The highest BCUT2D eigenvalue weighted by atomic mass is 127. The van der Waals surface area contributed by atoms with Crippen LogP contribution in [0, 0.1) is 5.92 Å². The molecule has 29 heavy (non-hydrogen) atoms. The van der Waals surface area contributed by atoms with Crippen LogP contribution in [0.4, 0.5) is 0 Å². The van der Waals surface area contributed by atoms with Gasteiger partial charge in [0.2, 0.25) is 0 Å². The van der Waals surface area contributed by atoms with E-state index in [4.69, 9.17) is 9.73 Å². The summed E-state index contributed by atoms with van der Waals surface area (Å²) in [6.45, 7) is 9.10. The van der Waals surface area contributed by atoms with Crippen molar-refractivity contribution in [1.82, 2.24) is 15.1 Å². The average molecular weight is 516 g/mol. The molecule has 2 heterocycles. The Morgan fingerprint density at radius 3 is 2.79 bits per heavy atom. The molecular formula is C22H37IN4O2. The zero-order valence-electron chi connectivity index (χ0n) is 17.8. The number of nitrogens with zero attached hydrogens (tertiary/aromatic N) is 3. The van der Waals surface area contributed by atoms with Crippen LogP contribution in [0.5, 0.6) is 5.75 Å². The predicted molar refractivity (Wildman–Crippen MR) is 129 cm³/mol. The quantitative estimate of drug-likeness (QED) is 0.332. The van der Waals surface area contributed by atoms with Crippen molar-refractivity contribution < 1.29 is 9.84 Å². The molecule has 0 radical (unpaired) electrons. The normalized spacial score (nSPS) is 21.6. The molecule has 6 nitrogen and oxygen atoms in total. The van der Waals surface area contributed by atoms with E-state index < -0.39 is 6.10 Å². The molecule has 0 aromatic heterocycles. The lowest BCUT2D eigenvalue weighted by atomic mass is 10.1. The molecule has 2 fully saturated rings. The highest BCUT2D eigenvalue weighted by Crippen LogP contribution is 2.21. The van der Waals surface area contributed by atoms with Crippen LogP contribution in [0.3, 0.4) is 0 Å². The third-order valence-electron chi connectivity index (χ3n) is 5.78. The fourth-order valence-corrected chi connectivity index (χ4v) is 4.23. The van der Waals surface area contributed by atoms with E-state index in [-0.39, 0.29) is 24.0 Å². The SMILES string of the molecule is CCNC(=NCC(O)c1cccc(OC)c1)N1CCC(CN2CCCCC2)C1.I. The molecule has 1 aromatic rings. The molecule has 1 aromatic carbocycles. The third kappa shape index (κ3) is 7.29. The fourth-order valence-electron chi connectivity index (χ4n) is 4.23. The van der Waals surface area contributed by atoms with Gasteiger partial charge in [-0.3, -0.25) is 4.99 Å². The topological polar surface area (TPSA) is 60.3 Å². The molecule has 164 valence electrons. The van der Waals surface area contributed by atoms with Gasteiger partial charge in [0, 0.05) is 26.2 Å². The Hall–Kier alpha value is -1.06. The van der Waals surface area contributed by atoms with Crippen LogP contribution < -0.4 is 10.1 Å². The molecule has 0 spiro atoms. The van der Waals surface area contributed by atoms with Gasteiger partial charge in [-0.1, -0.05) is 18.6 Å². The van der Waals surface area contributed by atoms with E-state index in [0.29, 0.717) is 12.5 Å². The highest BCUT2D eigenvalue weighted by Gasteiger charge is 2.27. The maximum Gasteiger partial charge on any atom is 0.194 e. The highest BCUT2D eigenvalue weighted by molar-refractivity contribution is 14.0. The van der Waals surface area contributed by atoms with E-state index in [0.717, 1.165) is 36.9 Å². The Bertz CT molecular complexity index is 637. The predicted octanol–water partition coefficient (Wildman–Crippen LogP) is 3.12. The first-order valence-corrected chi connectivity index (χ1v) is 10.8. The van der Waals surface area contributed by atoms with Crippen molar-refractivity contribution in [3.8, 4) is 5.75 Å². The number of ether oxygens (including phenoxy) is 1. The van der Waals surface area contributed by atoms with Crippen LogP contribution in [0.2, 0.25) is 0 Å². The number of guanidine groups is 1. The zero-order valence-corrected chi connectivity index (χ0v) is 20.2. The number of methoxy groups -OCH3 is 1. The lowest BCUT2D eigenvalue weighted by molar-refractivity contribution is 0.186. The van der Waals surface area contributed by atoms with Crippen molar-refractivity contribution in [1.29, 1.82) is 0 Å². The molecule has 2 aliphatic heterocycles. The van der Waals surface area contributed by atoms with E-state index in [1.54, 1.807) is 7.11 Å². The summed E-state index contributed by atoms with van der Waals surface area (Å²) in [7, 11) is 1.64. The summed E-state index contributed by atoms with van der Waals surface area (Å²) < 4.78 is 5.25. The number of piperidine rings is 1. The summed E-state index contributed by atoms with van der Waals surface area (Å²) in [5, 5.41) is 14.0. The first kappa shape index (κ1) is 24.2. The molecule has 2 saturated heterocycles. The lowest BCUT2D eigenvalue weighted by Crippen LogP contribution is -2.41. The number of aliphatic hydroxyl groups excluding tert-OH is 1. The number of hydrogen-bond donors (Lipinski definition) is 2. The number of halogens is 1. The van der Waals surface area contributed by atoms with Crippen molar-refractivity contribution in [2.24, 2.45) is 10.9 Å². The minimum atomic E-state index is -0.629. The Morgan fingerprint density at radius 1 is 1.28 bits per heavy atom. The van der Waals surface area contributed by atoms with Crippen LogP contribution in [-0.4, -0.2) is 73.8 Å². The van der Waals surface area contributed by atoms with Gasteiger partial charge in [0.05, 0.1) is 19.8 Å². The fraction of sp³-hybridized carbons (Fsp3) is 0.682. The second-order valence-corrected chi connectivity index (χ2v) is 7.95. The van der Waals surface area contributed by atoms with E-state index in [1.165, 1.54) is 45.3 Å². The minimum absolute atomic E-state index is 0. The van der Waals surface area contributed by atoms with Gasteiger partial charge in [-0.25, -0.2) is 0 Å². The summed E-state index contributed by atoms with van der Waals surface area (Å²) in [5.74, 6) is 2.39. The Kier molecular flexibility index (Phi) is 10.5. The van der Waals surface area contributed by atoms with Gasteiger partial charge >= 0.3 is 0 Å². The van der Waals surface area contributed by atoms with Crippen molar-refractivity contribution in [2.45, 2.75) is 38.7 Å². The van der Waals surface area contributed by atoms with Crippen LogP contribution >= 0.6 is 24.0 Å². The number of nitrogens with one attached hydrogen (secondary N) is 1. The molecular weight excluding hydrogens is 479 g/mol. The van der Waals surface area contributed by atoms with Crippen molar-refractivity contribution >= 4 is 29.9 Å². The molecule has 2 N–H and O–H groups in total. The summed E-state index contributed by atoms with van der Waals surface area (Å²) in [6.07, 6.45) is 4.68. The average Bonchev–Trinajstić information content (AvgIpc) is 3.20. The number of aliphatic imine (C=N–C) groups is 1. The van der Waals surface area contributed by atoms with Crippen molar-refractivity contribution in [2.75, 3.05) is 52.9 Å². The first-order valence-electron chi connectivity index (χ1n) is 10.8. The monoisotopic (exact) mass is 516 g/mol. The van der Waals surface area contributed by atoms with Gasteiger partial charge in [-0.2, -0.15) is 0 Å². The summed E-state index contributed by atoms with van der Waals surface area (Å²) in [5.41, 5.74) is 0.836.